The highest BCUT2D eigenvalue weighted by atomic mass is 16.7. The van der Waals surface area contributed by atoms with E-state index in [0.29, 0.717) is 0 Å². The van der Waals surface area contributed by atoms with Crippen molar-refractivity contribution in [1.29, 1.82) is 0 Å². The van der Waals surface area contributed by atoms with Gasteiger partial charge in [0.2, 0.25) is 5.78 Å². The van der Waals surface area contributed by atoms with Gasteiger partial charge in [-0.05, 0) is 13.0 Å². The van der Waals surface area contributed by atoms with E-state index >= 15 is 0 Å². The Morgan fingerprint density at radius 2 is 1.68 bits per heavy atom. The Balaban J connectivity index is 1.09. The standard InChI is InChI=1S/C39H40N2O16/c1-16-36-21(40-14-18(55-38(53-3)37(40)57-36)9-17(43)13-41-25(45)7-8-26(41)46)10-27(54-16)56-23-12-39(51,24(44)15-42)11-20-29(23)35(50)31-30(33(20)48)32(47)19-5-4-6-22(52-2)28(19)34(31)49/h4-8,16,18,21,23,27,36-38,42,48,50-51H,9-15H2,1-3H3/t16-,18?,21-,23-,27-,36+,37+,38-,39-/m0/s1. The van der Waals surface area contributed by atoms with Gasteiger partial charge in [0.25, 0.3) is 11.8 Å². The van der Waals surface area contributed by atoms with Gasteiger partial charge in [-0.15, -0.1) is 0 Å². The van der Waals surface area contributed by atoms with Crippen molar-refractivity contribution in [3.05, 3.63) is 63.7 Å². The third kappa shape index (κ3) is 6.27. The molecule has 4 aliphatic heterocycles. The van der Waals surface area contributed by atoms with Crippen LogP contribution in [0.15, 0.2) is 30.4 Å². The molecule has 0 aromatic heterocycles. The molecule has 2 aliphatic carbocycles. The predicted molar refractivity (Wildman–Crippen MR) is 188 cm³/mol. The first-order chi connectivity index (χ1) is 27.2. The number of morpholine rings is 1. The first-order valence-corrected chi connectivity index (χ1v) is 18.4. The van der Waals surface area contributed by atoms with Gasteiger partial charge in [-0.2, -0.15) is 0 Å². The molecule has 3 fully saturated rings. The number of phenolic OH excluding ortho intramolecular Hbond substituents is 2. The molecule has 57 heavy (non-hydrogen) atoms. The van der Waals surface area contributed by atoms with Crippen LogP contribution in [0.1, 0.15) is 75.3 Å². The van der Waals surface area contributed by atoms with Gasteiger partial charge < -0.3 is 48.8 Å². The van der Waals surface area contributed by atoms with E-state index in [-0.39, 0.29) is 47.4 Å². The van der Waals surface area contributed by atoms with E-state index in [1.165, 1.54) is 32.4 Å². The van der Waals surface area contributed by atoms with Crippen LogP contribution in [-0.4, -0.2) is 148 Å². The summed E-state index contributed by atoms with van der Waals surface area (Å²) in [5.41, 5.74) is -3.90. The molecule has 4 N–H and O–H groups in total. The van der Waals surface area contributed by atoms with Crippen LogP contribution in [0.25, 0.3) is 0 Å². The van der Waals surface area contributed by atoms with Gasteiger partial charge >= 0.3 is 0 Å². The number of ketones is 4. The number of ether oxygens (including phenoxy) is 6. The summed E-state index contributed by atoms with van der Waals surface area (Å²) in [6, 6.07) is 3.90. The number of aliphatic hydroxyl groups excluding tert-OH is 1. The lowest BCUT2D eigenvalue weighted by molar-refractivity contribution is -0.271. The van der Waals surface area contributed by atoms with Crippen LogP contribution in [0.5, 0.6) is 17.2 Å². The number of rotatable bonds is 10. The second-order valence-electron chi connectivity index (χ2n) is 15.0. The maximum absolute atomic E-state index is 14.0. The number of carbonyl (C=O) groups is 6. The van der Waals surface area contributed by atoms with Crippen LogP contribution in [-0.2, 0) is 49.3 Å². The minimum Gasteiger partial charge on any atom is -0.507 e. The van der Waals surface area contributed by atoms with Crippen molar-refractivity contribution in [2.45, 2.75) is 87.5 Å². The SMILES string of the molecule is COc1cccc2c1C(=O)c1c(O)c3c(c(O)c1C2=O)C[C@@](O)(C(=O)CO)C[C@@H]3O[C@H]1C[C@H]2[C@H](O[C@@H]3[C@@H](OC)OC(CC(=O)CN4C(=O)C=CC4=O)CN32)[C@H](C)O1. The van der Waals surface area contributed by atoms with Crippen LogP contribution >= 0.6 is 0 Å². The fourth-order valence-corrected chi connectivity index (χ4v) is 9.00. The van der Waals surface area contributed by atoms with Crippen LogP contribution in [0.4, 0.5) is 0 Å². The average Bonchev–Trinajstić information content (AvgIpc) is 3.72. The monoisotopic (exact) mass is 792 g/mol. The highest BCUT2D eigenvalue weighted by Gasteiger charge is 2.56. The summed E-state index contributed by atoms with van der Waals surface area (Å²) in [5.74, 6) is -5.55. The molecule has 1 unspecified atom stereocenters. The number of nitrogens with zero attached hydrogens (tertiary/aromatic N) is 2. The number of aliphatic hydroxyl groups is 2. The number of amides is 2. The summed E-state index contributed by atoms with van der Waals surface area (Å²) in [6.07, 6.45) is -5.14. The van der Waals surface area contributed by atoms with Crippen molar-refractivity contribution in [2.24, 2.45) is 0 Å². The zero-order valence-electron chi connectivity index (χ0n) is 31.0. The fraction of sp³-hybridized carbons (Fsp3) is 0.487. The summed E-state index contributed by atoms with van der Waals surface area (Å²) in [4.78, 5) is 80.8. The van der Waals surface area contributed by atoms with Gasteiger partial charge in [0.1, 0.15) is 35.6 Å². The molecule has 302 valence electrons. The molecule has 6 aliphatic rings. The molecular formula is C39H40N2O16. The van der Waals surface area contributed by atoms with E-state index < -0.39 is 138 Å². The molecule has 18 heteroatoms. The Labute approximate surface area is 324 Å². The lowest BCUT2D eigenvalue weighted by atomic mass is 9.72. The summed E-state index contributed by atoms with van der Waals surface area (Å²) >= 11 is 0. The number of hydrogen-bond acceptors (Lipinski definition) is 17. The molecular weight excluding hydrogens is 752 g/mol. The molecule has 0 bridgehead atoms. The molecule has 2 aromatic rings. The smallest absolute Gasteiger partial charge is 0.254 e. The number of benzene rings is 2. The quantitative estimate of drug-likeness (QED) is 0.155. The van der Waals surface area contributed by atoms with E-state index in [4.69, 9.17) is 28.4 Å². The number of aromatic hydroxyl groups is 2. The van der Waals surface area contributed by atoms with Gasteiger partial charge in [0.15, 0.2) is 36.2 Å². The number of hydrogen-bond donors (Lipinski definition) is 4. The van der Waals surface area contributed by atoms with Crippen LogP contribution in [0.2, 0.25) is 0 Å². The second kappa shape index (κ2) is 14.5. The summed E-state index contributed by atoms with van der Waals surface area (Å²) < 4.78 is 36.1. The van der Waals surface area contributed by atoms with Crippen molar-refractivity contribution in [3.8, 4) is 17.2 Å². The summed E-state index contributed by atoms with van der Waals surface area (Å²) in [7, 11) is 2.73. The van der Waals surface area contributed by atoms with Crippen molar-refractivity contribution in [3.63, 3.8) is 0 Å². The van der Waals surface area contributed by atoms with E-state index in [9.17, 15) is 49.2 Å². The Morgan fingerprint density at radius 1 is 0.965 bits per heavy atom. The molecule has 8 rings (SSSR count). The first-order valence-electron chi connectivity index (χ1n) is 18.4. The third-order valence-electron chi connectivity index (χ3n) is 11.6. The van der Waals surface area contributed by atoms with Crippen molar-refractivity contribution >= 4 is 34.9 Å². The Kier molecular flexibility index (Phi) is 9.89. The summed E-state index contributed by atoms with van der Waals surface area (Å²) in [6.45, 7) is 0.427. The number of imide groups is 1. The molecule has 9 atom stereocenters. The Hall–Kier alpha value is -4.92. The highest BCUT2D eigenvalue weighted by molar-refractivity contribution is 6.31. The van der Waals surface area contributed by atoms with Crippen LogP contribution in [0, 0.1) is 0 Å². The van der Waals surface area contributed by atoms with E-state index in [1.54, 1.807) is 6.92 Å². The number of carbonyl (C=O) groups excluding carboxylic acids is 6. The molecule has 18 nitrogen and oxygen atoms in total. The van der Waals surface area contributed by atoms with Crippen LogP contribution < -0.4 is 4.74 Å². The van der Waals surface area contributed by atoms with Gasteiger partial charge in [-0.3, -0.25) is 38.6 Å². The molecule has 0 radical (unpaired) electrons. The molecule has 0 spiro atoms. The van der Waals surface area contributed by atoms with E-state index in [1.807, 2.05) is 4.90 Å². The van der Waals surface area contributed by atoms with E-state index in [0.717, 1.165) is 17.1 Å². The maximum atomic E-state index is 14.0. The zero-order chi connectivity index (χ0) is 40.7. The molecule has 4 heterocycles. The second-order valence-corrected chi connectivity index (χ2v) is 15.0. The average molecular weight is 793 g/mol. The first kappa shape index (κ1) is 38.9. The van der Waals surface area contributed by atoms with Gasteiger partial charge in [-0.1, -0.05) is 12.1 Å². The van der Waals surface area contributed by atoms with Gasteiger partial charge in [-0.25, -0.2) is 0 Å². The van der Waals surface area contributed by atoms with Crippen molar-refractivity contribution in [1.82, 2.24) is 9.80 Å². The number of methoxy groups -OCH3 is 2. The largest absolute Gasteiger partial charge is 0.507 e. The predicted octanol–water partition coefficient (Wildman–Crippen LogP) is -0.0359. The number of phenols is 2. The lowest BCUT2D eigenvalue weighted by Gasteiger charge is -2.44. The normalized spacial score (nSPS) is 31.8. The van der Waals surface area contributed by atoms with Gasteiger partial charge in [0.05, 0.1) is 48.7 Å². The van der Waals surface area contributed by atoms with Crippen molar-refractivity contribution in [2.75, 3.05) is 33.9 Å². The lowest BCUT2D eigenvalue weighted by Crippen LogP contribution is -2.58. The van der Waals surface area contributed by atoms with Crippen LogP contribution in [0.3, 0.4) is 0 Å². The fourth-order valence-electron chi connectivity index (χ4n) is 9.00. The Bertz CT molecular complexity index is 2120. The van der Waals surface area contributed by atoms with E-state index in [2.05, 4.69) is 0 Å². The molecule has 2 amide bonds. The summed E-state index contributed by atoms with van der Waals surface area (Å²) in [5, 5.41) is 45.1. The third-order valence-corrected chi connectivity index (χ3v) is 11.6. The maximum Gasteiger partial charge on any atom is 0.254 e. The molecule has 2 aromatic carbocycles. The minimum atomic E-state index is -2.33. The number of Topliss-reactive ketones (excluding diaryl/α,β-unsaturated/α-hetero) is 2. The minimum absolute atomic E-state index is 0.0691. The highest BCUT2D eigenvalue weighted by Crippen LogP contribution is 2.53. The van der Waals surface area contributed by atoms with Gasteiger partial charge in [0, 0.05) is 74.2 Å². The van der Waals surface area contributed by atoms with Crippen molar-refractivity contribution < 1.29 is 77.6 Å². The number of fused-ring (bicyclic) bond motifs is 6. The molecule has 0 saturated carbocycles. The molecule has 3 saturated heterocycles. The topological polar surface area (TPSA) is 245 Å². The zero-order valence-corrected chi connectivity index (χ0v) is 31.0. The Morgan fingerprint density at radius 3 is 2.37 bits per heavy atom.